The molecule has 1 aromatic carbocycles. The van der Waals surface area contributed by atoms with Crippen molar-refractivity contribution in [3.8, 4) is 5.75 Å². The zero-order valence-corrected chi connectivity index (χ0v) is 10.7. The van der Waals surface area contributed by atoms with Crippen LogP contribution in [0.2, 0.25) is 0 Å². The van der Waals surface area contributed by atoms with Gasteiger partial charge in [-0.25, -0.2) is 4.98 Å². The highest BCUT2D eigenvalue weighted by atomic mass is 32.1. The molecule has 3 rings (SSSR count). The molecule has 5 heteroatoms. The maximum atomic E-state index is 12.0. The largest absolute Gasteiger partial charge is 0.490 e. The molecular formula is C13H12N2O2S. The number of amides is 1. The topological polar surface area (TPSA) is 51.2 Å². The highest BCUT2D eigenvalue weighted by molar-refractivity contribution is 7.13. The first-order valence-corrected chi connectivity index (χ1v) is 6.61. The monoisotopic (exact) mass is 260 g/mol. The molecule has 1 aromatic heterocycles. The van der Waals surface area contributed by atoms with Crippen LogP contribution in [0.25, 0.3) is 0 Å². The van der Waals surface area contributed by atoms with E-state index in [1.807, 2.05) is 24.4 Å². The van der Waals surface area contributed by atoms with Gasteiger partial charge in [0.25, 0.3) is 5.91 Å². The van der Waals surface area contributed by atoms with Gasteiger partial charge in [-0.15, -0.1) is 11.3 Å². The number of rotatable bonds is 2. The summed E-state index contributed by atoms with van der Waals surface area (Å²) in [4.78, 5) is 16.0. The Hall–Kier alpha value is -1.88. The van der Waals surface area contributed by atoms with Crippen LogP contribution in [-0.4, -0.2) is 17.0 Å². The Balaban J connectivity index is 1.81. The Morgan fingerprint density at radius 3 is 3.22 bits per heavy atom. The summed E-state index contributed by atoms with van der Waals surface area (Å²) in [6.07, 6.45) is 2.71. The molecule has 4 nitrogen and oxygen atoms in total. The van der Waals surface area contributed by atoms with Crippen molar-refractivity contribution >= 4 is 22.4 Å². The van der Waals surface area contributed by atoms with Crippen molar-refractivity contribution in [1.29, 1.82) is 0 Å². The number of aromatic nitrogens is 1. The van der Waals surface area contributed by atoms with E-state index >= 15 is 0 Å². The van der Waals surface area contributed by atoms with Gasteiger partial charge < -0.3 is 4.74 Å². The fourth-order valence-corrected chi connectivity index (χ4v) is 2.54. The van der Waals surface area contributed by atoms with Gasteiger partial charge in [-0.05, 0) is 30.7 Å². The number of carbonyl (C=O) groups excluding carboxylic acids is 1. The van der Waals surface area contributed by atoms with Crippen LogP contribution in [0.15, 0.2) is 29.8 Å². The summed E-state index contributed by atoms with van der Waals surface area (Å²) in [5.74, 6) is 0.751. The van der Waals surface area contributed by atoms with Crippen molar-refractivity contribution in [2.24, 2.45) is 0 Å². The summed E-state index contributed by atoms with van der Waals surface area (Å²) in [6.45, 7) is 2.02. The van der Waals surface area contributed by atoms with Crippen LogP contribution < -0.4 is 10.1 Å². The van der Waals surface area contributed by atoms with Crippen LogP contribution >= 0.6 is 11.3 Å². The summed E-state index contributed by atoms with van der Waals surface area (Å²) in [7, 11) is 0. The van der Waals surface area contributed by atoms with E-state index in [1.165, 1.54) is 11.3 Å². The van der Waals surface area contributed by atoms with Crippen LogP contribution in [0.5, 0.6) is 5.75 Å². The van der Waals surface area contributed by atoms with E-state index in [1.54, 1.807) is 12.3 Å². The number of nitrogens with one attached hydrogen (secondary N) is 1. The third-order valence-corrected chi connectivity index (χ3v) is 3.50. The number of benzene rings is 1. The maximum Gasteiger partial charge on any atom is 0.257 e. The van der Waals surface area contributed by atoms with E-state index in [9.17, 15) is 4.79 Å². The lowest BCUT2D eigenvalue weighted by molar-refractivity contribution is 0.102. The van der Waals surface area contributed by atoms with E-state index in [4.69, 9.17) is 4.74 Å². The standard InChI is InChI=1S/C13H12N2O2S/c1-8-6-10-7-9(2-3-11(10)17-8)12(16)15-13-14-4-5-18-13/h2-5,7-8H,6H2,1H3,(H,14,15,16)/t8-/m0/s1. The lowest BCUT2D eigenvalue weighted by Crippen LogP contribution is -2.11. The Morgan fingerprint density at radius 1 is 1.56 bits per heavy atom. The summed E-state index contributed by atoms with van der Waals surface area (Å²) >= 11 is 1.40. The number of thiazole rings is 1. The molecule has 1 aliphatic rings. The second-order valence-corrected chi connectivity index (χ2v) is 5.14. The number of hydrogen-bond acceptors (Lipinski definition) is 4. The zero-order valence-electron chi connectivity index (χ0n) is 9.84. The average molecular weight is 260 g/mol. The minimum absolute atomic E-state index is 0.132. The Morgan fingerprint density at radius 2 is 2.44 bits per heavy atom. The Bertz CT molecular complexity index is 581. The SMILES string of the molecule is C[C@H]1Cc2cc(C(=O)Nc3nccs3)ccc2O1. The second-order valence-electron chi connectivity index (χ2n) is 4.25. The summed E-state index contributed by atoms with van der Waals surface area (Å²) in [6, 6.07) is 5.52. The first-order chi connectivity index (χ1) is 8.72. The van der Waals surface area contributed by atoms with Gasteiger partial charge in [-0.3, -0.25) is 10.1 Å². The molecule has 0 fully saturated rings. The molecule has 0 aliphatic carbocycles. The molecule has 0 saturated carbocycles. The molecule has 0 bridgehead atoms. The highest BCUT2D eigenvalue weighted by Crippen LogP contribution is 2.29. The molecule has 0 saturated heterocycles. The van der Waals surface area contributed by atoms with Crippen molar-refractivity contribution in [1.82, 2.24) is 4.98 Å². The lowest BCUT2D eigenvalue weighted by Gasteiger charge is -2.04. The minimum atomic E-state index is -0.132. The van der Waals surface area contributed by atoms with Gasteiger partial charge in [0.05, 0.1) is 0 Å². The molecule has 92 valence electrons. The van der Waals surface area contributed by atoms with Crippen LogP contribution in [0.1, 0.15) is 22.8 Å². The zero-order chi connectivity index (χ0) is 12.5. The predicted molar refractivity (Wildman–Crippen MR) is 70.3 cm³/mol. The Kier molecular flexibility index (Phi) is 2.76. The first-order valence-electron chi connectivity index (χ1n) is 5.73. The smallest absolute Gasteiger partial charge is 0.257 e. The van der Waals surface area contributed by atoms with E-state index in [0.29, 0.717) is 10.7 Å². The summed E-state index contributed by atoms with van der Waals surface area (Å²) in [5, 5.41) is 5.21. The summed E-state index contributed by atoms with van der Waals surface area (Å²) < 4.78 is 5.61. The molecular weight excluding hydrogens is 248 g/mol. The van der Waals surface area contributed by atoms with Crippen molar-refractivity contribution in [2.45, 2.75) is 19.4 Å². The third-order valence-electron chi connectivity index (χ3n) is 2.81. The van der Waals surface area contributed by atoms with E-state index in [0.717, 1.165) is 17.7 Å². The average Bonchev–Trinajstić information content (AvgIpc) is 2.95. The second kappa shape index (κ2) is 4.42. The lowest BCUT2D eigenvalue weighted by atomic mass is 10.1. The van der Waals surface area contributed by atoms with Gasteiger partial charge >= 0.3 is 0 Å². The number of nitrogens with zero attached hydrogens (tertiary/aromatic N) is 1. The molecule has 0 spiro atoms. The van der Waals surface area contributed by atoms with Crippen molar-refractivity contribution in [2.75, 3.05) is 5.32 Å². The van der Waals surface area contributed by atoms with Gasteiger partial charge in [-0.2, -0.15) is 0 Å². The third kappa shape index (κ3) is 2.09. The molecule has 1 amide bonds. The number of ether oxygens (including phenoxy) is 1. The molecule has 1 aliphatic heterocycles. The molecule has 0 radical (unpaired) electrons. The molecule has 1 N–H and O–H groups in total. The van der Waals surface area contributed by atoms with E-state index in [2.05, 4.69) is 10.3 Å². The molecule has 2 aromatic rings. The van der Waals surface area contributed by atoms with Crippen molar-refractivity contribution in [3.63, 3.8) is 0 Å². The van der Waals surface area contributed by atoms with Crippen LogP contribution in [0, 0.1) is 0 Å². The first kappa shape index (κ1) is 11.2. The van der Waals surface area contributed by atoms with Crippen LogP contribution in [0.4, 0.5) is 5.13 Å². The maximum absolute atomic E-state index is 12.0. The molecule has 18 heavy (non-hydrogen) atoms. The summed E-state index contributed by atoms with van der Waals surface area (Å²) in [5.41, 5.74) is 1.73. The fraction of sp³-hybridized carbons (Fsp3) is 0.231. The van der Waals surface area contributed by atoms with Gasteiger partial charge in [0, 0.05) is 23.6 Å². The number of hydrogen-bond donors (Lipinski definition) is 1. The van der Waals surface area contributed by atoms with Crippen LogP contribution in [-0.2, 0) is 6.42 Å². The minimum Gasteiger partial charge on any atom is -0.490 e. The quantitative estimate of drug-likeness (QED) is 0.903. The highest BCUT2D eigenvalue weighted by Gasteiger charge is 2.20. The van der Waals surface area contributed by atoms with Crippen molar-refractivity contribution < 1.29 is 9.53 Å². The predicted octanol–water partition coefficient (Wildman–Crippen LogP) is 2.72. The van der Waals surface area contributed by atoms with Crippen LogP contribution in [0.3, 0.4) is 0 Å². The van der Waals surface area contributed by atoms with Gasteiger partial charge in [0.15, 0.2) is 5.13 Å². The van der Waals surface area contributed by atoms with Gasteiger partial charge in [0.2, 0.25) is 0 Å². The normalized spacial score (nSPS) is 17.1. The van der Waals surface area contributed by atoms with E-state index in [-0.39, 0.29) is 12.0 Å². The fourth-order valence-electron chi connectivity index (χ4n) is 2.02. The Labute approximate surface area is 109 Å². The number of fused-ring (bicyclic) bond motifs is 1. The van der Waals surface area contributed by atoms with E-state index < -0.39 is 0 Å². The number of carbonyl (C=O) groups is 1. The molecule has 0 unspecified atom stereocenters. The molecule has 1 atom stereocenters. The van der Waals surface area contributed by atoms with Gasteiger partial charge in [0.1, 0.15) is 11.9 Å². The molecule has 2 heterocycles. The van der Waals surface area contributed by atoms with Crippen molar-refractivity contribution in [3.05, 3.63) is 40.9 Å². The number of anilines is 1. The van der Waals surface area contributed by atoms with Gasteiger partial charge in [-0.1, -0.05) is 0 Å².